The molecule has 2 bridgehead atoms. The zero-order valence-corrected chi connectivity index (χ0v) is 13.1. The van der Waals surface area contributed by atoms with E-state index in [0.29, 0.717) is 16.5 Å². The van der Waals surface area contributed by atoms with Gasteiger partial charge >= 0.3 is 0 Å². The molecule has 1 nitrogen and oxygen atoms in total. The van der Waals surface area contributed by atoms with Gasteiger partial charge in [0.1, 0.15) is 0 Å². The summed E-state index contributed by atoms with van der Waals surface area (Å²) in [5.41, 5.74) is 1.16. The van der Waals surface area contributed by atoms with Crippen LogP contribution >= 0.6 is 0 Å². The molecular formula is C16H31N. The Morgan fingerprint density at radius 3 is 1.88 bits per heavy atom. The first-order valence-corrected chi connectivity index (χ1v) is 7.23. The van der Waals surface area contributed by atoms with Gasteiger partial charge in [-0.3, -0.25) is 4.90 Å². The van der Waals surface area contributed by atoms with Crippen molar-refractivity contribution in [2.75, 3.05) is 6.54 Å². The minimum atomic E-state index is 0.309. The fraction of sp³-hybridized carbons (Fsp3) is 1.00. The molecule has 3 rings (SSSR count). The van der Waals surface area contributed by atoms with Crippen LogP contribution in [0.5, 0.6) is 0 Å². The third-order valence-corrected chi connectivity index (χ3v) is 5.33. The van der Waals surface area contributed by atoms with E-state index in [1.165, 1.54) is 13.0 Å². The van der Waals surface area contributed by atoms with Gasteiger partial charge in [-0.25, -0.2) is 0 Å². The third-order valence-electron chi connectivity index (χ3n) is 5.33. The Labute approximate surface area is 108 Å². The van der Waals surface area contributed by atoms with Crippen molar-refractivity contribution in [1.82, 2.24) is 4.90 Å². The Kier molecular flexibility index (Phi) is 2.75. The minimum absolute atomic E-state index is 0.309. The molecule has 2 heterocycles. The van der Waals surface area contributed by atoms with Gasteiger partial charge in [0.05, 0.1) is 0 Å². The minimum Gasteiger partial charge on any atom is -0.293 e. The lowest BCUT2D eigenvalue weighted by Gasteiger charge is -2.68. The molecule has 0 spiro atoms. The maximum absolute atomic E-state index is 2.75. The molecule has 3 unspecified atom stereocenters. The largest absolute Gasteiger partial charge is 0.293 e. The van der Waals surface area contributed by atoms with E-state index < -0.39 is 0 Å². The van der Waals surface area contributed by atoms with Gasteiger partial charge in [0, 0.05) is 17.6 Å². The van der Waals surface area contributed by atoms with Gasteiger partial charge in [-0.2, -0.15) is 0 Å². The fourth-order valence-electron chi connectivity index (χ4n) is 4.79. The normalized spacial score (nSPS) is 37.8. The van der Waals surface area contributed by atoms with Gasteiger partial charge in [-0.1, -0.05) is 20.8 Å². The van der Waals surface area contributed by atoms with Gasteiger partial charge in [0.25, 0.3) is 0 Å². The molecule has 100 valence electrons. The van der Waals surface area contributed by atoms with Gasteiger partial charge in [0.2, 0.25) is 0 Å². The molecule has 0 radical (unpaired) electrons. The first kappa shape index (κ1) is 13.4. The van der Waals surface area contributed by atoms with Crippen molar-refractivity contribution in [1.29, 1.82) is 0 Å². The van der Waals surface area contributed by atoms with Crippen LogP contribution in [0, 0.1) is 23.2 Å². The predicted octanol–water partition coefficient (Wildman–Crippen LogP) is 4.18. The van der Waals surface area contributed by atoms with E-state index in [2.05, 4.69) is 60.3 Å². The lowest BCUT2D eigenvalue weighted by Crippen LogP contribution is -2.72. The van der Waals surface area contributed by atoms with Gasteiger partial charge in [0.15, 0.2) is 0 Å². The maximum atomic E-state index is 2.75. The Bertz CT molecular complexity index is 302. The number of piperidine rings is 2. The van der Waals surface area contributed by atoms with Gasteiger partial charge in [-0.05, 0) is 64.2 Å². The second-order valence-electron chi connectivity index (χ2n) is 8.93. The van der Waals surface area contributed by atoms with Crippen LogP contribution in [-0.2, 0) is 0 Å². The molecule has 17 heavy (non-hydrogen) atoms. The Hall–Kier alpha value is -0.0400. The van der Waals surface area contributed by atoms with Crippen LogP contribution in [0.25, 0.3) is 0 Å². The van der Waals surface area contributed by atoms with Crippen LogP contribution in [0.1, 0.15) is 61.8 Å². The van der Waals surface area contributed by atoms with E-state index in [1.807, 2.05) is 0 Å². The van der Waals surface area contributed by atoms with Crippen molar-refractivity contribution in [3.05, 3.63) is 0 Å². The monoisotopic (exact) mass is 237 g/mol. The quantitative estimate of drug-likeness (QED) is 0.611. The summed E-state index contributed by atoms with van der Waals surface area (Å²) in [5.74, 6) is 2.75. The Balaban J connectivity index is 2.25. The molecule has 1 heteroatoms. The van der Waals surface area contributed by atoms with E-state index in [9.17, 15) is 0 Å². The summed E-state index contributed by atoms with van der Waals surface area (Å²) in [7, 11) is 0. The summed E-state index contributed by atoms with van der Waals surface area (Å²) >= 11 is 0. The van der Waals surface area contributed by atoms with Crippen LogP contribution in [0.4, 0.5) is 0 Å². The summed E-state index contributed by atoms with van der Waals surface area (Å²) in [5, 5.41) is 0. The van der Waals surface area contributed by atoms with Crippen molar-refractivity contribution in [2.24, 2.45) is 23.2 Å². The van der Waals surface area contributed by atoms with E-state index in [0.717, 1.165) is 17.8 Å². The molecule has 0 amide bonds. The second-order valence-corrected chi connectivity index (χ2v) is 8.93. The van der Waals surface area contributed by atoms with Gasteiger partial charge in [-0.15, -0.1) is 0 Å². The highest BCUT2D eigenvalue weighted by molar-refractivity contribution is 5.12. The van der Waals surface area contributed by atoms with Crippen LogP contribution in [0.2, 0.25) is 0 Å². The lowest BCUT2D eigenvalue weighted by molar-refractivity contribution is -0.193. The summed E-state index contributed by atoms with van der Waals surface area (Å²) in [4.78, 5) is 2.75. The molecule has 0 aromatic heterocycles. The topological polar surface area (TPSA) is 3.24 Å². The van der Waals surface area contributed by atoms with Crippen LogP contribution in [-0.4, -0.2) is 22.5 Å². The van der Waals surface area contributed by atoms with E-state index >= 15 is 0 Å². The molecule has 2 aliphatic heterocycles. The molecule has 3 fully saturated rings. The average molecular weight is 237 g/mol. The SMILES string of the molecule is CC(C)(C)C1C2CC1C(C)(C)N(C(C)(C)C)C2. The van der Waals surface area contributed by atoms with Crippen LogP contribution in [0.3, 0.4) is 0 Å². The summed E-state index contributed by atoms with van der Waals surface area (Å²) in [6.45, 7) is 20.6. The van der Waals surface area contributed by atoms with Crippen molar-refractivity contribution in [3.63, 3.8) is 0 Å². The lowest BCUT2D eigenvalue weighted by atomic mass is 9.47. The van der Waals surface area contributed by atoms with Crippen LogP contribution < -0.4 is 0 Å². The van der Waals surface area contributed by atoms with Crippen molar-refractivity contribution < 1.29 is 0 Å². The van der Waals surface area contributed by atoms with Crippen LogP contribution in [0.15, 0.2) is 0 Å². The van der Waals surface area contributed by atoms with Crippen molar-refractivity contribution in [3.8, 4) is 0 Å². The zero-order chi connectivity index (χ0) is 13.2. The molecule has 3 atom stereocenters. The first-order chi connectivity index (χ1) is 7.45. The highest BCUT2D eigenvalue weighted by Crippen LogP contribution is 2.60. The van der Waals surface area contributed by atoms with E-state index in [4.69, 9.17) is 0 Å². The number of nitrogens with zero attached hydrogens (tertiary/aromatic N) is 1. The highest BCUT2D eigenvalue weighted by atomic mass is 15.3. The highest BCUT2D eigenvalue weighted by Gasteiger charge is 2.60. The molecule has 3 aliphatic rings. The zero-order valence-electron chi connectivity index (χ0n) is 13.1. The Morgan fingerprint density at radius 1 is 1.00 bits per heavy atom. The van der Waals surface area contributed by atoms with E-state index in [1.54, 1.807) is 0 Å². The number of fused-ring (bicyclic) bond motifs is 2. The smallest absolute Gasteiger partial charge is 0.0189 e. The standard InChI is InChI=1S/C16H31N/c1-14(2,3)13-11-9-12(13)16(7,8)17(10-11)15(4,5)6/h11-13H,9-10H2,1-8H3. The second kappa shape index (κ2) is 3.50. The fourth-order valence-corrected chi connectivity index (χ4v) is 4.79. The molecule has 0 aromatic carbocycles. The molecular weight excluding hydrogens is 206 g/mol. The number of rotatable bonds is 0. The average Bonchev–Trinajstić information content (AvgIpc) is 1.93. The van der Waals surface area contributed by atoms with Gasteiger partial charge < -0.3 is 0 Å². The third kappa shape index (κ3) is 1.95. The maximum Gasteiger partial charge on any atom is 0.0189 e. The van der Waals surface area contributed by atoms with Crippen molar-refractivity contribution >= 4 is 0 Å². The molecule has 0 aromatic rings. The molecule has 0 N–H and O–H groups in total. The summed E-state index contributed by atoms with van der Waals surface area (Å²) in [6, 6.07) is 0. The Morgan fingerprint density at radius 2 is 1.53 bits per heavy atom. The first-order valence-electron chi connectivity index (χ1n) is 7.23. The summed E-state index contributed by atoms with van der Waals surface area (Å²) < 4.78 is 0. The molecule has 1 aliphatic carbocycles. The van der Waals surface area contributed by atoms with E-state index in [-0.39, 0.29) is 0 Å². The number of hydrogen-bond acceptors (Lipinski definition) is 1. The predicted molar refractivity (Wildman–Crippen MR) is 75.1 cm³/mol. The molecule has 1 saturated carbocycles. The summed E-state index contributed by atoms with van der Waals surface area (Å²) in [6.07, 6.45) is 1.46. The molecule has 2 saturated heterocycles. The van der Waals surface area contributed by atoms with Crippen molar-refractivity contribution in [2.45, 2.75) is 72.9 Å². The number of hydrogen-bond donors (Lipinski definition) is 0.